The molecule has 0 aromatic heterocycles. The molecule has 0 aliphatic carbocycles. The number of hydrogen-bond acceptors (Lipinski definition) is 2. The first-order chi connectivity index (χ1) is 4.98. The molecule has 0 amide bonds. The molecule has 64 valence electrons. The lowest BCUT2D eigenvalue weighted by molar-refractivity contribution is 0.510. The highest BCUT2D eigenvalue weighted by Crippen LogP contribution is 1.97. The van der Waals surface area contributed by atoms with Crippen molar-refractivity contribution in [1.82, 2.24) is 5.32 Å². The lowest BCUT2D eigenvalue weighted by atomic mass is 10.1. The molecule has 0 aliphatic heterocycles. The summed E-state index contributed by atoms with van der Waals surface area (Å²) in [5.74, 6) is 3.26. The molecule has 0 fully saturated rings. The van der Waals surface area contributed by atoms with E-state index < -0.39 is 10.8 Å². The molecular weight excluding hydrogens is 158 g/mol. The third-order valence-corrected chi connectivity index (χ3v) is 2.10. The molecule has 0 aromatic carbocycles. The largest absolute Gasteiger partial charge is 0.301 e. The minimum Gasteiger partial charge on any atom is -0.301 e. The Hall–Kier alpha value is -0.330. The quantitative estimate of drug-likeness (QED) is 0.622. The average Bonchev–Trinajstić information content (AvgIpc) is 1.87. The number of rotatable bonds is 4. The van der Waals surface area contributed by atoms with Gasteiger partial charge in [-0.05, 0) is 13.8 Å². The van der Waals surface area contributed by atoms with E-state index in [0.717, 1.165) is 0 Å². The predicted molar refractivity (Wildman–Crippen MR) is 49.8 cm³/mol. The molecule has 1 N–H and O–H groups in total. The second-order valence-electron chi connectivity index (χ2n) is 2.97. The number of hydrogen-bond donors (Lipinski definition) is 1. The second-order valence-corrected chi connectivity index (χ2v) is 4.53. The fourth-order valence-corrected chi connectivity index (χ4v) is 0.948. The summed E-state index contributed by atoms with van der Waals surface area (Å²) in [6, 6.07) is 0. The average molecular weight is 173 g/mol. The van der Waals surface area contributed by atoms with Gasteiger partial charge in [-0.15, -0.1) is 6.42 Å². The van der Waals surface area contributed by atoms with Gasteiger partial charge < -0.3 is 5.32 Å². The minimum atomic E-state index is -0.733. The van der Waals surface area contributed by atoms with Crippen LogP contribution in [0.25, 0.3) is 0 Å². The zero-order chi connectivity index (χ0) is 8.91. The molecule has 0 heterocycles. The van der Waals surface area contributed by atoms with E-state index in [0.29, 0.717) is 12.3 Å². The van der Waals surface area contributed by atoms with Crippen LogP contribution in [-0.4, -0.2) is 28.3 Å². The lowest BCUT2D eigenvalue weighted by Gasteiger charge is -2.18. The molecule has 0 radical (unpaired) electrons. The van der Waals surface area contributed by atoms with Gasteiger partial charge in [-0.1, -0.05) is 5.92 Å². The van der Waals surface area contributed by atoms with Gasteiger partial charge in [-0.2, -0.15) is 0 Å². The standard InChI is InChI=1S/C8H15NOS/c1-5-8(2,3)9-6-7-11(4)10/h1,9H,6-7H2,2-4H3. The van der Waals surface area contributed by atoms with Crippen LogP contribution in [0, 0.1) is 12.3 Å². The summed E-state index contributed by atoms with van der Waals surface area (Å²) in [5, 5.41) is 3.11. The number of terminal acetylenes is 1. The molecule has 3 heteroatoms. The summed E-state index contributed by atoms with van der Waals surface area (Å²) in [6.07, 6.45) is 6.92. The van der Waals surface area contributed by atoms with E-state index in [1.165, 1.54) is 0 Å². The van der Waals surface area contributed by atoms with Crippen LogP contribution in [0.4, 0.5) is 0 Å². The van der Waals surface area contributed by atoms with E-state index in [2.05, 4.69) is 11.2 Å². The van der Waals surface area contributed by atoms with Crippen LogP contribution < -0.4 is 5.32 Å². The Labute approximate surface area is 71.2 Å². The fraction of sp³-hybridized carbons (Fsp3) is 0.750. The summed E-state index contributed by atoms with van der Waals surface area (Å²) in [7, 11) is -0.733. The first-order valence-electron chi connectivity index (χ1n) is 3.51. The highest BCUT2D eigenvalue weighted by Gasteiger charge is 2.11. The Bertz CT molecular complexity index is 181. The van der Waals surface area contributed by atoms with Crippen molar-refractivity contribution in [3.63, 3.8) is 0 Å². The summed E-state index contributed by atoms with van der Waals surface area (Å²) >= 11 is 0. The van der Waals surface area contributed by atoms with Gasteiger partial charge in [0.2, 0.25) is 0 Å². The molecule has 11 heavy (non-hydrogen) atoms. The Balaban J connectivity index is 3.56. The van der Waals surface area contributed by atoms with Crippen LogP contribution in [0.15, 0.2) is 0 Å². The Morgan fingerprint density at radius 3 is 2.55 bits per heavy atom. The molecule has 2 nitrogen and oxygen atoms in total. The van der Waals surface area contributed by atoms with Crippen molar-refractivity contribution < 1.29 is 4.21 Å². The molecule has 0 spiro atoms. The maximum absolute atomic E-state index is 10.6. The van der Waals surface area contributed by atoms with Crippen molar-refractivity contribution in [3.8, 4) is 12.3 Å². The van der Waals surface area contributed by atoms with Crippen LogP contribution in [0.1, 0.15) is 13.8 Å². The highest BCUT2D eigenvalue weighted by molar-refractivity contribution is 7.84. The zero-order valence-electron chi connectivity index (χ0n) is 7.31. The van der Waals surface area contributed by atoms with E-state index >= 15 is 0 Å². The van der Waals surface area contributed by atoms with Crippen molar-refractivity contribution >= 4 is 10.8 Å². The van der Waals surface area contributed by atoms with Crippen LogP contribution in [0.5, 0.6) is 0 Å². The fourth-order valence-electron chi connectivity index (χ4n) is 0.558. The van der Waals surface area contributed by atoms with E-state index in [1.807, 2.05) is 13.8 Å². The van der Waals surface area contributed by atoms with Gasteiger partial charge >= 0.3 is 0 Å². The SMILES string of the molecule is C#CC(C)(C)NCCS(C)=O. The van der Waals surface area contributed by atoms with E-state index in [4.69, 9.17) is 6.42 Å². The Kier molecular flexibility index (Phi) is 4.39. The van der Waals surface area contributed by atoms with Crippen molar-refractivity contribution in [1.29, 1.82) is 0 Å². The zero-order valence-corrected chi connectivity index (χ0v) is 8.12. The van der Waals surface area contributed by atoms with Gasteiger partial charge in [-0.3, -0.25) is 4.21 Å². The molecule has 0 aromatic rings. The maximum atomic E-state index is 10.6. The van der Waals surface area contributed by atoms with Gasteiger partial charge in [0.05, 0.1) is 5.54 Å². The van der Waals surface area contributed by atoms with Gasteiger partial charge in [-0.25, -0.2) is 0 Å². The van der Waals surface area contributed by atoms with Gasteiger partial charge in [0.15, 0.2) is 0 Å². The second kappa shape index (κ2) is 4.53. The highest BCUT2D eigenvalue weighted by atomic mass is 32.2. The lowest BCUT2D eigenvalue weighted by Crippen LogP contribution is -2.39. The van der Waals surface area contributed by atoms with Crippen molar-refractivity contribution in [2.75, 3.05) is 18.6 Å². The van der Waals surface area contributed by atoms with Gasteiger partial charge in [0.1, 0.15) is 0 Å². The Morgan fingerprint density at radius 2 is 2.18 bits per heavy atom. The Morgan fingerprint density at radius 1 is 1.64 bits per heavy atom. The predicted octanol–water partition coefficient (Wildman–Crippen LogP) is 0.366. The third kappa shape index (κ3) is 6.08. The topological polar surface area (TPSA) is 29.1 Å². The van der Waals surface area contributed by atoms with Crippen LogP contribution in [0.2, 0.25) is 0 Å². The summed E-state index contributed by atoms with van der Waals surface area (Å²) < 4.78 is 10.6. The van der Waals surface area contributed by atoms with E-state index in [1.54, 1.807) is 6.26 Å². The molecule has 0 saturated heterocycles. The third-order valence-electron chi connectivity index (χ3n) is 1.32. The van der Waals surface area contributed by atoms with Crippen LogP contribution >= 0.6 is 0 Å². The van der Waals surface area contributed by atoms with Gasteiger partial charge in [0.25, 0.3) is 0 Å². The number of nitrogens with one attached hydrogen (secondary N) is 1. The summed E-state index contributed by atoms with van der Waals surface area (Å²) in [6.45, 7) is 4.55. The molecule has 0 saturated carbocycles. The summed E-state index contributed by atoms with van der Waals surface area (Å²) in [5.41, 5.74) is -0.278. The smallest absolute Gasteiger partial charge is 0.0741 e. The van der Waals surface area contributed by atoms with Crippen molar-refractivity contribution in [2.24, 2.45) is 0 Å². The minimum absolute atomic E-state index is 0.278. The van der Waals surface area contributed by atoms with Crippen LogP contribution in [0.3, 0.4) is 0 Å². The van der Waals surface area contributed by atoms with E-state index in [-0.39, 0.29) is 5.54 Å². The first-order valence-corrected chi connectivity index (χ1v) is 5.23. The van der Waals surface area contributed by atoms with Gasteiger partial charge in [0, 0.05) is 29.4 Å². The molecule has 1 unspecified atom stereocenters. The summed E-state index contributed by atoms with van der Waals surface area (Å²) in [4.78, 5) is 0. The molecule has 1 atom stereocenters. The first kappa shape index (κ1) is 10.7. The van der Waals surface area contributed by atoms with Crippen LogP contribution in [-0.2, 0) is 10.8 Å². The molecule has 0 rings (SSSR count). The normalized spacial score (nSPS) is 14.0. The van der Waals surface area contributed by atoms with E-state index in [9.17, 15) is 4.21 Å². The monoisotopic (exact) mass is 173 g/mol. The molecular formula is C8H15NOS. The van der Waals surface area contributed by atoms with Crippen molar-refractivity contribution in [3.05, 3.63) is 0 Å². The molecule has 0 bridgehead atoms. The maximum Gasteiger partial charge on any atom is 0.0741 e. The molecule has 0 aliphatic rings. The van der Waals surface area contributed by atoms with Crippen molar-refractivity contribution in [2.45, 2.75) is 19.4 Å².